The molecule has 1 aliphatic rings. The number of allylic oxidation sites excluding steroid dienone is 2. The summed E-state index contributed by atoms with van der Waals surface area (Å²) in [6.07, 6.45) is 6.55. The molecule has 0 saturated heterocycles. The van der Waals surface area contributed by atoms with Gasteiger partial charge < -0.3 is 19.1 Å². The number of esters is 2. The average molecular weight is 467 g/mol. The Bertz CT molecular complexity index is 921. The fourth-order valence-electron chi connectivity index (χ4n) is 2.55. The summed E-state index contributed by atoms with van der Waals surface area (Å²) in [6, 6.07) is 2.70. The molecule has 0 bridgehead atoms. The van der Waals surface area contributed by atoms with Crippen LogP contribution in [0, 0.1) is 10.1 Å². The lowest BCUT2D eigenvalue weighted by molar-refractivity contribution is -0.384. The SMILES string of the molecule is CCCOc1cc(N2C=CC=CC(C(=O)OC)=C2C(=O)OC)c([N+](=O)[O-])cc1Br. The lowest BCUT2D eigenvalue weighted by Gasteiger charge is -2.23. The van der Waals surface area contributed by atoms with Gasteiger partial charge in [0.15, 0.2) is 0 Å². The van der Waals surface area contributed by atoms with Gasteiger partial charge in [0.05, 0.1) is 35.8 Å². The third kappa shape index (κ3) is 4.83. The van der Waals surface area contributed by atoms with Crippen molar-refractivity contribution in [3.8, 4) is 5.75 Å². The van der Waals surface area contributed by atoms with Crippen molar-refractivity contribution in [2.45, 2.75) is 13.3 Å². The first kappa shape index (κ1) is 22.2. The van der Waals surface area contributed by atoms with Crippen molar-refractivity contribution in [1.82, 2.24) is 0 Å². The third-order valence-electron chi connectivity index (χ3n) is 3.84. The molecule has 0 aliphatic carbocycles. The van der Waals surface area contributed by atoms with Crippen molar-refractivity contribution in [1.29, 1.82) is 0 Å². The number of nitro benzene ring substituents is 1. The van der Waals surface area contributed by atoms with Gasteiger partial charge in [-0.05, 0) is 34.5 Å². The predicted octanol–water partition coefficient (Wildman–Crippen LogP) is 3.64. The highest BCUT2D eigenvalue weighted by molar-refractivity contribution is 9.10. The molecule has 1 aromatic carbocycles. The van der Waals surface area contributed by atoms with Gasteiger partial charge in [0.25, 0.3) is 5.69 Å². The van der Waals surface area contributed by atoms with Crippen molar-refractivity contribution in [2.24, 2.45) is 0 Å². The van der Waals surface area contributed by atoms with Gasteiger partial charge in [-0.2, -0.15) is 0 Å². The number of carbonyl (C=O) groups excluding carboxylic acids is 2. The summed E-state index contributed by atoms with van der Waals surface area (Å²) in [5.74, 6) is -1.31. The van der Waals surface area contributed by atoms with E-state index in [4.69, 9.17) is 14.2 Å². The first-order valence-electron chi connectivity index (χ1n) is 8.51. The number of hydrogen-bond acceptors (Lipinski definition) is 8. The van der Waals surface area contributed by atoms with Gasteiger partial charge in [-0.15, -0.1) is 0 Å². The number of carbonyl (C=O) groups is 2. The van der Waals surface area contributed by atoms with Gasteiger partial charge in [-0.25, -0.2) is 9.59 Å². The first-order valence-corrected chi connectivity index (χ1v) is 9.30. The van der Waals surface area contributed by atoms with E-state index in [1.807, 2.05) is 6.92 Å². The van der Waals surface area contributed by atoms with Crippen molar-refractivity contribution in [2.75, 3.05) is 25.7 Å². The van der Waals surface area contributed by atoms with E-state index in [0.717, 1.165) is 13.5 Å². The normalized spacial score (nSPS) is 13.2. The number of rotatable bonds is 7. The molecule has 10 heteroatoms. The summed E-state index contributed by atoms with van der Waals surface area (Å²) < 4.78 is 15.6. The zero-order chi connectivity index (χ0) is 21.6. The Labute approximate surface area is 175 Å². The smallest absolute Gasteiger partial charge is 0.355 e. The standard InChI is InChI=1S/C19H19BrN2O7/c1-4-9-29-16-11-14(15(22(25)26)10-13(16)20)21-8-6-5-7-12(18(23)27-2)17(21)19(24)28-3/h5-8,10-11H,4,9H2,1-3H3. The summed E-state index contributed by atoms with van der Waals surface area (Å²) >= 11 is 3.27. The summed E-state index contributed by atoms with van der Waals surface area (Å²) in [5.41, 5.74) is -0.627. The van der Waals surface area contributed by atoms with E-state index in [-0.39, 0.29) is 22.6 Å². The van der Waals surface area contributed by atoms with Crippen LogP contribution in [0.2, 0.25) is 0 Å². The Morgan fingerprint density at radius 2 is 1.86 bits per heavy atom. The lowest BCUT2D eigenvalue weighted by atomic mass is 10.1. The van der Waals surface area contributed by atoms with Gasteiger partial charge >= 0.3 is 11.9 Å². The number of nitrogens with zero attached hydrogens (tertiary/aromatic N) is 2. The number of halogens is 1. The lowest BCUT2D eigenvalue weighted by Crippen LogP contribution is -2.27. The van der Waals surface area contributed by atoms with Gasteiger partial charge in [0, 0.05) is 18.3 Å². The highest BCUT2D eigenvalue weighted by Gasteiger charge is 2.32. The molecule has 1 aliphatic heterocycles. The maximum Gasteiger partial charge on any atom is 0.355 e. The molecule has 29 heavy (non-hydrogen) atoms. The number of hydrogen-bond donors (Lipinski definition) is 0. The minimum atomic E-state index is -0.866. The Balaban J connectivity index is 2.78. The van der Waals surface area contributed by atoms with Crippen LogP contribution >= 0.6 is 15.9 Å². The van der Waals surface area contributed by atoms with Gasteiger partial charge in [-0.3, -0.25) is 10.1 Å². The summed E-state index contributed by atoms with van der Waals surface area (Å²) in [6.45, 7) is 2.31. The molecule has 9 nitrogen and oxygen atoms in total. The first-order chi connectivity index (χ1) is 13.8. The quantitative estimate of drug-likeness (QED) is 0.340. The molecule has 0 atom stereocenters. The fourth-order valence-corrected chi connectivity index (χ4v) is 2.99. The predicted molar refractivity (Wildman–Crippen MR) is 108 cm³/mol. The van der Waals surface area contributed by atoms with E-state index in [0.29, 0.717) is 16.8 Å². The van der Waals surface area contributed by atoms with E-state index >= 15 is 0 Å². The number of nitro groups is 1. The van der Waals surface area contributed by atoms with E-state index in [2.05, 4.69) is 15.9 Å². The van der Waals surface area contributed by atoms with Crippen LogP contribution in [0.1, 0.15) is 13.3 Å². The molecule has 0 fully saturated rings. The van der Waals surface area contributed by atoms with Crippen molar-refractivity contribution >= 4 is 39.2 Å². The van der Waals surface area contributed by atoms with E-state index < -0.39 is 16.9 Å². The number of anilines is 1. The zero-order valence-electron chi connectivity index (χ0n) is 16.0. The highest BCUT2D eigenvalue weighted by atomic mass is 79.9. The average Bonchev–Trinajstić information content (AvgIpc) is 2.94. The maximum absolute atomic E-state index is 12.5. The molecule has 0 radical (unpaired) electrons. The van der Waals surface area contributed by atoms with Crippen LogP contribution in [-0.2, 0) is 19.1 Å². The highest BCUT2D eigenvalue weighted by Crippen LogP contribution is 2.40. The zero-order valence-corrected chi connectivity index (χ0v) is 17.6. The van der Waals surface area contributed by atoms with Crippen LogP contribution in [0.5, 0.6) is 5.75 Å². The second kappa shape index (κ2) is 9.87. The molecule has 2 rings (SSSR count). The molecule has 0 amide bonds. The molecule has 0 spiro atoms. The molecule has 0 N–H and O–H groups in total. The largest absolute Gasteiger partial charge is 0.492 e. The van der Waals surface area contributed by atoms with E-state index in [1.54, 1.807) is 0 Å². The molecular weight excluding hydrogens is 448 g/mol. The van der Waals surface area contributed by atoms with Crippen molar-refractivity contribution < 1.29 is 28.7 Å². The molecule has 1 heterocycles. The maximum atomic E-state index is 12.5. The summed E-state index contributed by atoms with van der Waals surface area (Å²) in [5, 5.41) is 11.7. The van der Waals surface area contributed by atoms with Crippen LogP contribution in [0.4, 0.5) is 11.4 Å². The number of benzene rings is 1. The molecular formula is C19H19BrN2O7. The molecule has 0 unspecified atom stereocenters. The molecule has 154 valence electrons. The Morgan fingerprint density at radius 3 is 2.45 bits per heavy atom. The number of methoxy groups -OCH3 is 2. The summed E-state index contributed by atoms with van der Waals surface area (Å²) in [7, 11) is 2.31. The molecule has 1 aromatic rings. The van der Waals surface area contributed by atoms with Crippen LogP contribution in [-0.4, -0.2) is 37.7 Å². The summed E-state index contributed by atoms with van der Waals surface area (Å²) in [4.78, 5) is 37.1. The molecule has 0 saturated carbocycles. The van der Waals surface area contributed by atoms with E-state index in [9.17, 15) is 19.7 Å². The Morgan fingerprint density at radius 1 is 1.17 bits per heavy atom. The van der Waals surface area contributed by atoms with Crippen LogP contribution < -0.4 is 9.64 Å². The van der Waals surface area contributed by atoms with Crippen LogP contribution in [0.15, 0.2) is 52.3 Å². The minimum absolute atomic E-state index is 0.0195. The van der Waals surface area contributed by atoms with Crippen molar-refractivity contribution in [3.05, 3.63) is 62.4 Å². The minimum Gasteiger partial charge on any atom is -0.492 e. The second-order valence-corrected chi connectivity index (χ2v) is 6.55. The van der Waals surface area contributed by atoms with E-state index in [1.165, 1.54) is 48.6 Å². The van der Waals surface area contributed by atoms with Crippen LogP contribution in [0.3, 0.4) is 0 Å². The van der Waals surface area contributed by atoms with Crippen molar-refractivity contribution in [3.63, 3.8) is 0 Å². The Kier molecular flexibility index (Phi) is 7.54. The number of ether oxygens (including phenoxy) is 3. The molecule has 0 aromatic heterocycles. The van der Waals surface area contributed by atoms with Gasteiger partial charge in [0.1, 0.15) is 17.1 Å². The van der Waals surface area contributed by atoms with Gasteiger partial charge in [-0.1, -0.05) is 13.0 Å². The fraction of sp³-hybridized carbons (Fsp3) is 0.263. The third-order valence-corrected chi connectivity index (χ3v) is 4.46. The monoisotopic (exact) mass is 466 g/mol. The Hall–Kier alpha value is -3.14. The topological polar surface area (TPSA) is 108 Å². The van der Waals surface area contributed by atoms with Crippen LogP contribution in [0.25, 0.3) is 0 Å². The van der Waals surface area contributed by atoms with Gasteiger partial charge in [0.2, 0.25) is 0 Å². The second-order valence-electron chi connectivity index (χ2n) is 5.69.